The second-order valence-corrected chi connectivity index (χ2v) is 2.89. The minimum atomic E-state index is 0. The normalized spacial score (nSPS) is 7.06. The molecule has 5 heteroatoms. The molecule has 0 saturated carbocycles. The van der Waals surface area contributed by atoms with E-state index in [-0.39, 0.29) is 22.4 Å². The second kappa shape index (κ2) is 54.7. The molecule has 4 N–H and O–H groups in total. The van der Waals surface area contributed by atoms with E-state index in [0.29, 0.717) is 26.4 Å². The molecule has 0 aliphatic rings. The zero-order valence-electron chi connectivity index (χ0n) is 11.9. The van der Waals surface area contributed by atoms with Crippen LogP contribution in [0.25, 0.3) is 0 Å². The van der Waals surface area contributed by atoms with Crippen molar-refractivity contribution >= 4 is 0 Å². The molecule has 0 unspecified atom stereocenters. The van der Waals surface area contributed by atoms with Crippen molar-refractivity contribution in [3.63, 3.8) is 0 Å². The van der Waals surface area contributed by atoms with Gasteiger partial charge in [0.05, 0.1) is 0 Å². The van der Waals surface area contributed by atoms with Crippen LogP contribution in [0.5, 0.6) is 0 Å². The molecule has 0 atom stereocenters. The first kappa shape index (κ1) is 30.5. The Morgan fingerprint density at radius 1 is 0.471 bits per heavy atom. The largest absolute Gasteiger partial charge is 0.396 e. The molecule has 0 amide bonds. The fraction of sp³-hybridized carbons (Fsp3) is 1.00. The predicted octanol–water partition coefficient (Wildman–Crippen LogP) is 1.55. The molecular formula is C12H32NbO4. The molecule has 0 aliphatic heterocycles. The van der Waals surface area contributed by atoms with Gasteiger partial charge in [0, 0.05) is 48.8 Å². The van der Waals surface area contributed by atoms with Gasteiger partial charge in [0.1, 0.15) is 0 Å². The summed E-state index contributed by atoms with van der Waals surface area (Å²) in [6.45, 7) is 9.00. The van der Waals surface area contributed by atoms with Gasteiger partial charge in [0.2, 0.25) is 0 Å². The molecular weight excluding hydrogens is 301 g/mol. The van der Waals surface area contributed by atoms with Crippen LogP contribution in [0.2, 0.25) is 0 Å². The number of hydrogen-bond donors (Lipinski definition) is 4. The van der Waals surface area contributed by atoms with Gasteiger partial charge in [0.25, 0.3) is 0 Å². The van der Waals surface area contributed by atoms with E-state index in [9.17, 15) is 0 Å². The predicted molar refractivity (Wildman–Crippen MR) is 69.5 cm³/mol. The van der Waals surface area contributed by atoms with E-state index in [2.05, 4.69) is 0 Å². The molecule has 0 saturated heterocycles. The first-order valence-corrected chi connectivity index (χ1v) is 6.09. The Kier molecular flexibility index (Phi) is 98.2. The number of aliphatic hydroxyl groups is 4. The molecule has 17 heavy (non-hydrogen) atoms. The first-order valence-electron chi connectivity index (χ1n) is 6.09. The van der Waals surface area contributed by atoms with E-state index >= 15 is 0 Å². The van der Waals surface area contributed by atoms with Crippen molar-refractivity contribution in [1.82, 2.24) is 0 Å². The van der Waals surface area contributed by atoms with E-state index in [1.807, 2.05) is 27.7 Å². The molecule has 0 aliphatic carbocycles. The van der Waals surface area contributed by atoms with Crippen LogP contribution in [0.4, 0.5) is 0 Å². The van der Waals surface area contributed by atoms with Crippen LogP contribution in [0.1, 0.15) is 53.4 Å². The van der Waals surface area contributed by atoms with Gasteiger partial charge < -0.3 is 20.4 Å². The van der Waals surface area contributed by atoms with Crippen molar-refractivity contribution < 1.29 is 42.8 Å². The summed E-state index contributed by atoms with van der Waals surface area (Å²) in [7, 11) is 0. The van der Waals surface area contributed by atoms with E-state index in [1.165, 1.54) is 0 Å². The molecule has 0 rings (SSSR count). The van der Waals surface area contributed by atoms with Crippen molar-refractivity contribution in [2.24, 2.45) is 0 Å². The minimum absolute atomic E-state index is 0. The standard InChI is InChI=1S/4C3H8O.Nb/c4*1-2-3-4;/h4*4H,2-3H2,1H3;. The van der Waals surface area contributed by atoms with Gasteiger partial charge in [-0.15, -0.1) is 0 Å². The average Bonchev–Trinajstić information content (AvgIpc) is 2.39. The van der Waals surface area contributed by atoms with Crippen LogP contribution in [-0.4, -0.2) is 46.9 Å². The number of hydrogen-bond acceptors (Lipinski definition) is 4. The Bertz CT molecular complexity index is 42.5. The van der Waals surface area contributed by atoms with E-state index in [1.54, 1.807) is 0 Å². The Morgan fingerprint density at radius 3 is 0.529 bits per heavy atom. The van der Waals surface area contributed by atoms with Crippen molar-refractivity contribution in [3.05, 3.63) is 0 Å². The van der Waals surface area contributed by atoms with Crippen LogP contribution in [-0.2, 0) is 22.4 Å². The van der Waals surface area contributed by atoms with Crippen LogP contribution < -0.4 is 0 Å². The van der Waals surface area contributed by atoms with Gasteiger partial charge in [-0.25, -0.2) is 0 Å². The Hall–Kier alpha value is 0.580. The summed E-state index contributed by atoms with van der Waals surface area (Å²) in [5, 5.41) is 31.5. The second-order valence-electron chi connectivity index (χ2n) is 2.89. The summed E-state index contributed by atoms with van der Waals surface area (Å²) in [5.74, 6) is 0. The molecule has 0 spiro atoms. The average molecular weight is 333 g/mol. The third-order valence-electron chi connectivity index (χ3n) is 0.894. The van der Waals surface area contributed by atoms with Crippen molar-refractivity contribution in [2.75, 3.05) is 26.4 Å². The fourth-order valence-corrected chi connectivity index (χ4v) is 0. The number of aliphatic hydroxyl groups excluding tert-OH is 4. The summed E-state index contributed by atoms with van der Waals surface area (Å²) in [6.07, 6.45) is 3.50. The summed E-state index contributed by atoms with van der Waals surface area (Å²) in [4.78, 5) is 0. The summed E-state index contributed by atoms with van der Waals surface area (Å²) >= 11 is 0. The van der Waals surface area contributed by atoms with Gasteiger partial charge in [-0.1, -0.05) is 27.7 Å². The molecule has 4 nitrogen and oxygen atoms in total. The third-order valence-corrected chi connectivity index (χ3v) is 0.894. The van der Waals surface area contributed by atoms with Crippen molar-refractivity contribution in [1.29, 1.82) is 0 Å². The van der Waals surface area contributed by atoms with Gasteiger partial charge in [-0.2, -0.15) is 0 Å². The molecule has 0 aromatic carbocycles. The Balaban J connectivity index is -0.0000000369. The van der Waals surface area contributed by atoms with Crippen LogP contribution in [0.15, 0.2) is 0 Å². The molecule has 0 fully saturated rings. The topological polar surface area (TPSA) is 80.9 Å². The maximum Gasteiger partial charge on any atom is 0.0428 e. The molecule has 0 aromatic heterocycles. The van der Waals surface area contributed by atoms with Gasteiger partial charge in [0.15, 0.2) is 0 Å². The molecule has 1 radical (unpaired) electrons. The Labute approximate surface area is 123 Å². The quantitative estimate of drug-likeness (QED) is 0.589. The van der Waals surface area contributed by atoms with E-state index in [0.717, 1.165) is 25.7 Å². The minimum Gasteiger partial charge on any atom is -0.396 e. The zero-order valence-corrected chi connectivity index (χ0v) is 14.1. The van der Waals surface area contributed by atoms with Crippen LogP contribution >= 0.6 is 0 Å². The van der Waals surface area contributed by atoms with Crippen molar-refractivity contribution in [3.8, 4) is 0 Å². The van der Waals surface area contributed by atoms with Crippen LogP contribution in [0, 0.1) is 0 Å². The smallest absolute Gasteiger partial charge is 0.0428 e. The third kappa shape index (κ3) is 168. The summed E-state index contributed by atoms with van der Waals surface area (Å²) < 4.78 is 0. The summed E-state index contributed by atoms with van der Waals surface area (Å²) in [6, 6.07) is 0. The van der Waals surface area contributed by atoms with Gasteiger partial charge in [-0.05, 0) is 25.7 Å². The maximum atomic E-state index is 7.88. The molecule has 0 heterocycles. The van der Waals surface area contributed by atoms with Gasteiger partial charge in [-0.3, -0.25) is 0 Å². The fourth-order valence-electron chi connectivity index (χ4n) is 0. The van der Waals surface area contributed by atoms with E-state index < -0.39 is 0 Å². The van der Waals surface area contributed by atoms with Crippen molar-refractivity contribution in [2.45, 2.75) is 53.4 Å². The Morgan fingerprint density at radius 2 is 0.529 bits per heavy atom. The number of rotatable bonds is 4. The molecule has 0 aromatic rings. The van der Waals surface area contributed by atoms with Crippen LogP contribution in [0.3, 0.4) is 0 Å². The zero-order chi connectivity index (χ0) is 13.7. The van der Waals surface area contributed by atoms with E-state index in [4.69, 9.17) is 20.4 Å². The SMILES string of the molecule is CCCO.CCCO.CCCO.CCCO.[Nb]. The molecule has 109 valence electrons. The monoisotopic (exact) mass is 333 g/mol. The summed E-state index contributed by atoms with van der Waals surface area (Å²) in [5.41, 5.74) is 0. The van der Waals surface area contributed by atoms with Gasteiger partial charge >= 0.3 is 0 Å². The molecule has 0 bridgehead atoms. The first-order chi connectivity index (χ1) is 7.66. The maximum absolute atomic E-state index is 7.88.